The van der Waals surface area contributed by atoms with E-state index in [0.717, 1.165) is 11.4 Å². The largest absolute Gasteiger partial charge is 0.352 e. The van der Waals surface area contributed by atoms with Crippen molar-refractivity contribution < 1.29 is 0 Å². The summed E-state index contributed by atoms with van der Waals surface area (Å²) in [6, 6.07) is 0.156. The Labute approximate surface area is 86.5 Å². The first kappa shape index (κ1) is 10.4. The minimum atomic E-state index is 0.156. The molecule has 1 unspecified atom stereocenters. The van der Waals surface area contributed by atoms with Crippen LogP contribution in [0.25, 0.3) is 0 Å². The molecule has 13 heavy (non-hydrogen) atoms. The first-order valence-electron chi connectivity index (χ1n) is 3.94. The summed E-state index contributed by atoms with van der Waals surface area (Å²) in [4.78, 5) is 4.20. The van der Waals surface area contributed by atoms with Gasteiger partial charge in [-0.2, -0.15) is 0 Å². The average Bonchev–Trinajstić information content (AvgIpc) is 2.66. The molecule has 0 aromatic carbocycles. The maximum atomic E-state index is 5.16. The topological polar surface area (TPSA) is 63.0 Å². The Kier molecular flexibility index (Phi) is 4.07. The lowest BCUT2D eigenvalue weighted by molar-refractivity contribution is 0.614. The van der Waals surface area contributed by atoms with E-state index in [0.29, 0.717) is 5.11 Å². The highest BCUT2D eigenvalue weighted by molar-refractivity contribution is 7.80. The fraction of sp³-hybridized carbons (Fsp3) is 0.429. The van der Waals surface area contributed by atoms with Crippen LogP contribution < -0.4 is 16.6 Å². The number of rotatable bonds is 3. The summed E-state index contributed by atoms with van der Waals surface area (Å²) in [5.41, 5.74) is 2.39. The van der Waals surface area contributed by atoms with Crippen LogP contribution in [0.1, 0.15) is 24.4 Å². The second kappa shape index (κ2) is 5.11. The van der Waals surface area contributed by atoms with Gasteiger partial charge in [0, 0.05) is 11.6 Å². The molecule has 72 valence electrons. The molecule has 1 rings (SSSR count). The fourth-order valence-electron chi connectivity index (χ4n) is 0.945. The SMILES string of the molecule is CCC(NC(=S)NN)c1nccs1. The van der Waals surface area contributed by atoms with Gasteiger partial charge in [0.05, 0.1) is 6.04 Å². The monoisotopic (exact) mass is 216 g/mol. The number of nitrogens with one attached hydrogen (secondary N) is 2. The van der Waals surface area contributed by atoms with Gasteiger partial charge in [-0.1, -0.05) is 6.92 Å². The predicted molar refractivity (Wildman–Crippen MR) is 58.2 cm³/mol. The molecule has 0 saturated carbocycles. The molecule has 0 fully saturated rings. The number of thiocarbonyl (C=S) groups is 1. The molecule has 0 amide bonds. The summed E-state index contributed by atoms with van der Waals surface area (Å²) in [6.45, 7) is 2.07. The van der Waals surface area contributed by atoms with E-state index in [2.05, 4.69) is 22.7 Å². The standard InChI is InChI=1S/C7H12N4S2/c1-2-5(10-7(12)11-8)6-9-3-4-13-6/h3-5H,2,8H2,1H3,(H2,10,11,12). The zero-order chi connectivity index (χ0) is 9.68. The van der Waals surface area contributed by atoms with E-state index in [1.165, 1.54) is 0 Å². The highest BCUT2D eigenvalue weighted by Gasteiger charge is 2.11. The third kappa shape index (κ3) is 2.91. The highest BCUT2D eigenvalue weighted by atomic mass is 32.1. The zero-order valence-corrected chi connectivity index (χ0v) is 8.91. The van der Waals surface area contributed by atoms with Crippen LogP contribution in [0, 0.1) is 0 Å². The van der Waals surface area contributed by atoms with Crippen LogP contribution in [-0.4, -0.2) is 10.1 Å². The van der Waals surface area contributed by atoms with Crippen molar-refractivity contribution in [2.45, 2.75) is 19.4 Å². The lowest BCUT2D eigenvalue weighted by Crippen LogP contribution is -2.41. The molecule has 0 bridgehead atoms. The summed E-state index contributed by atoms with van der Waals surface area (Å²) in [6.07, 6.45) is 2.71. The molecule has 4 nitrogen and oxygen atoms in total. The summed E-state index contributed by atoms with van der Waals surface area (Å²) in [7, 11) is 0. The van der Waals surface area contributed by atoms with Crippen LogP contribution in [0.15, 0.2) is 11.6 Å². The highest BCUT2D eigenvalue weighted by Crippen LogP contribution is 2.18. The molecule has 1 aromatic heterocycles. The van der Waals surface area contributed by atoms with Crippen LogP contribution in [-0.2, 0) is 0 Å². The van der Waals surface area contributed by atoms with E-state index in [9.17, 15) is 0 Å². The smallest absolute Gasteiger partial charge is 0.181 e. The van der Waals surface area contributed by atoms with Crippen molar-refractivity contribution >= 4 is 28.7 Å². The average molecular weight is 216 g/mol. The second-order valence-electron chi connectivity index (χ2n) is 2.45. The predicted octanol–water partition coefficient (Wildman–Crippen LogP) is 0.932. The zero-order valence-electron chi connectivity index (χ0n) is 7.28. The van der Waals surface area contributed by atoms with Crippen molar-refractivity contribution in [1.82, 2.24) is 15.7 Å². The number of aromatic nitrogens is 1. The van der Waals surface area contributed by atoms with Gasteiger partial charge < -0.3 is 10.7 Å². The van der Waals surface area contributed by atoms with E-state index >= 15 is 0 Å². The van der Waals surface area contributed by atoms with Crippen molar-refractivity contribution in [3.05, 3.63) is 16.6 Å². The van der Waals surface area contributed by atoms with Crippen molar-refractivity contribution in [2.24, 2.45) is 5.84 Å². The van der Waals surface area contributed by atoms with Gasteiger partial charge in [-0.3, -0.25) is 0 Å². The van der Waals surface area contributed by atoms with Gasteiger partial charge in [0.25, 0.3) is 0 Å². The molecule has 0 aliphatic heterocycles. The van der Waals surface area contributed by atoms with E-state index in [1.807, 2.05) is 5.38 Å². The molecule has 0 radical (unpaired) electrons. The Morgan fingerprint density at radius 1 is 1.85 bits per heavy atom. The van der Waals surface area contributed by atoms with Crippen molar-refractivity contribution in [1.29, 1.82) is 0 Å². The van der Waals surface area contributed by atoms with Crippen molar-refractivity contribution in [3.63, 3.8) is 0 Å². The quantitative estimate of drug-likeness (QED) is 0.398. The Morgan fingerprint density at radius 3 is 3.08 bits per heavy atom. The maximum absolute atomic E-state index is 5.16. The molecule has 0 aliphatic rings. The molecule has 6 heteroatoms. The Hall–Kier alpha value is -0.720. The summed E-state index contributed by atoms with van der Waals surface area (Å²) >= 11 is 6.51. The van der Waals surface area contributed by atoms with Gasteiger partial charge in [-0.15, -0.1) is 11.3 Å². The normalized spacial score (nSPS) is 12.2. The molecule has 1 aromatic rings. The van der Waals surface area contributed by atoms with E-state index in [1.54, 1.807) is 17.5 Å². The molecular formula is C7H12N4S2. The number of nitrogens with two attached hydrogens (primary N) is 1. The molecule has 0 spiro atoms. The van der Waals surface area contributed by atoms with Crippen molar-refractivity contribution in [3.8, 4) is 0 Å². The summed E-state index contributed by atoms with van der Waals surface area (Å²) in [5.74, 6) is 5.16. The number of hydrogen-bond donors (Lipinski definition) is 3. The fourth-order valence-corrected chi connectivity index (χ4v) is 1.86. The van der Waals surface area contributed by atoms with Crippen LogP contribution in [0.4, 0.5) is 0 Å². The summed E-state index contributed by atoms with van der Waals surface area (Å²) < 4.78 is 0. The van der Waals surface area contributed by atoms with Crippen LogP contribution >= 0.6 is 23.6 Å². The number of thiazole rings is 1. The molecule has 1 atom stereocenters. The van der Waals surface area contributed by atoms with Crippen LogP contribution in [0.2, 0.25) is 0 Å². The maximum Gasteiger partial charge on any atom is 0.181 e. The first-order chi connectivity index (χ1) is 6.27. The molecule has 0 aliphatic carbocycles. The Balaban J connectivity index is 2.58. The number of nitrogens with zero attached hydrogens (tertiary/aromatic N) is 1. The Morgan fingerprint density at radius 2 is 2.62 bits per heavy atom. The minimum absolute atomic E-state index is 0.156. The van der Waals surface area contributed by atoms with Crippen molar-refractivity contribution in [2.75, 3.05) is 0 Å². The number of hydrogen-bond acceptors (Lipinski definition) is 4. The van der Waals surface area contributed by atoms with Gasteiger partial charge in [0.1, 0.15) is 5.01 Å². The van der Waals surface area contributed by atoms with Gasteiger partial charge >= 0.3 is 0 Å². The third-order valence-electron chi connectivity index (χ3n) is 1.59. The first-order valence-corrected chi connectivity index (χ1v) is 5.23. The molecule has 4 N–H and O–H groups in total. The third-order valence-corrected chi connectivity index (χ3v) is 2.72. The number of hydrazine groups is 1. The van der Waals surface area contributed by atoms with Crippen LogP contribution in [0.5, 0.6) is 0 Å². The lowest BCUT2D eigenvalue weighted by atomic mass is 10.2. The van der Waals surface area contributed by atoms with Gasteiger partial charge in [0.2, 0.25) is 0 Å². The lowest BCUT2D eigenvalue weighted by Gasteiger charge is -2.15. The van der Waals surface area contributed by atoms with Gasteiger partial charge in [-0.05, 0) is 18.6 Å². The Bertz CT molecular complexity index is 259. The molecule has 1 heterocycles. The van der Waals surface area contributed by atoms with Crippen LogP contribution in [0.3, 0.4) is 0 Å². The summed E-state index contributed by atoms with van der Waals surface area (Å²) in [5, 5.41) is 6.48. The van der Waals surface area contributed by atoms with E-state index in [4.69, 9.17) is 18.1 Å². The minimum Gasteiger partial charge on any atom is -0.352 e. The second-order valence-corrected chi connectivity index (χ2v) is 3.78. The molecular weight excluding hydrogens is 204 g/mol. The van der Waals surface area contributed by atoms with Gasteiger partial charge in [0.15, 0.2) is 5.11 Å². The van der Waals surface area contributed by atoms with Gasteiger partial charge in [-0.25, -0.2) is 10.8 Å². The van der Waals surface area contributed by atoms with E-state index < -0.39 is 0 Å². The molecule has 0 saturated heterocycles. The van der Waals surface area contributed by atoms with E-state index in [-0.39, 0.29) is 6.04 Å².